The van der Waals surface area contributed by atoms with Crippen molar-refractivity contribution in [2.45, 2.75) is 6.42 Å². The van der Waals surface area contributed by atoms with Gasteiger partial charge in [-0.2, -0.15) is 0 Å². The molecule has 0 aliphatic rings. The van der Waals surface area contributed by atoms with Crippen LogP contribution < -0.4 is 10.8 Å². The second-order valence-corrected chi connectivity index (χ2v) is 3.26. The quantitative estimate of drug-likeness (QED) is 0.708. The van der Waals surface area contributed by atoms with Gasteiger partial charge in [-0.25, -0.2) is 8.78 Å². The Labute approximate surface area is 85.5 Å². The Bertz CT molecular complexity index is 368. The second-order valence-electron chi connectivity index (χ2n) is 3.26. The molecule has 5 heteroatoms. The molecule has 0 saturated heterocycles. The molecule has 0 aliphatic heterocycles. The molecule has 0 unspecified atom stereocenters. The maximum Gasteiger partial charge on any atom is 0.159 e. The van der Waals surface area contributed by atoms with Crippen LogP contribution >= 0.6 is 0 Å². The highest BCUT2D eigenvalue weighted by Gasteiger charge is 2.12. The van der Waals surface area contributed by atoms with Gasteiger partial charge in [-0.3, -0.25) is 0 Å². The van der Waals surface area contributed by atoms with Gasteiger partial charge in [0, 0.05) is 0 Å². The number of carbonyl (C=O) groups is 1. The van der Waals surface area contributed by atoms with Crippen molar-refractivity contribution >= 4 is 5.97 Å². The molecule has 0 spiro atoms. The highest BCUT2D eigenvalue weighted by Crippen LogP contribution is 2.12. The number of quaternary nitrogens is 1. The number of halogens is 2. The molecule has 1 rings (SSSR count). The summed E-state index contributed by atoms with van der Waals surface area (Å²) in [7, 11) is 0. The van der Waals surface area contributed by atoms with E-state index in [2.05, 4.69) is 5.73 Å². The first-order chi connectivity index (χ1) is 7.04. The van der Waals surface area contributed by atoms with E-state index < -0.39 is 23.5 Å². The van der Waals surface area contributed by atoms with E-state index in [0.29, 0.717) is 5.56 Å². The number of hydrogen-bond acceptors (Lipinski definition) is 2. The fourth-order valence-corrected chi connectivity index (χ4v) is 1.25. The van der Waals surface area contributed by atoms with Gasteiger partial charge in [-0.05, 0) is 24.1 Å². The molecule has 82 valence electrons. The number of aliphatic carboxylic acids is 1. The van der Waals surface area contributed by atoms with Gasteiger partial charge < -0.3 is 15.6 Å². The van der Waals surface area contributed by atoms with Crippen molar-refractivity contribution in [3.05, 3.63) is 35.4 Å². The van der Waals surface area contributed by atoms with Crippen molar-refractivity contribution in [1.82, 2.24) is 0 Å². The Morgan fingerprint density at radius 2 is 2.07 bits per heavy atom. The van der Waals surface area contributed by atoms with E-state index >= 15 is 0 Å². The molecule has 1 aromatic rings. The molecule has 0 heterocycles. The zero-order valence-corrected chi connectivity index (χ0v) is 8.00. The third-order valence-electron chi connectivity index (χ3n) is 2.15. The number of hydrogen-bond donors (Lipinski definition) is 1. The lowest BCUT2D eigenvalue weighted by atomic mass is 9.99. The van der Waals surface area contributed by atoms with Crippen LogP contribution in [-0.4, -0.2) is 12.5 Å². The lowest BCUT2D eigenvalue weighted by Gasteiger charge is -2.13. The number of carboxylic acids is 1. The molecular formula is C10H11F2NO2. The van der Waals surface area contributed by atoms with E-state index in [9.17, 15) is 18.7 Å². The summed E-state index contributed by atoms with van der Waals surface area (Å²) >= 11 is 0. The molecular weight excluding hydrogens is 204 g/mol. The highest BCUT2D eigenvalue weighted by atomic mass is 19.2. The van der Waals surface area contributed by atoms with Crippen molar-refractivity contribution in [2.75, 3.05) is 6.54 Å². The molecule has 0 fully saturated rings. The summed E-state index contributed by atoms with van der Waals surface area (Å²) < 4.78 is 25.3. The molecule has 3 N–H and O–H groups in total. The summed E-state index contributed by atoms with van der Waals surface area (Å²) in [5.74, 6) is -3.92. The fraction of sp³-hybridized carbons (Fsp3) is 0.300. The first kappa shape index (κ1) is 11.6. The van der Waals surface area contributed by atoms with E-state index in [1.807, 2.05) is 0 Å². The summed E-state index contributed by atoms with van der Waals surface area (Å²) in [5, 5.41) is 10.6. The summed E-state index contributed by atoms with van der Waals surface area (Å²) in [5.41, 5.74) is 3.88. The predicted molar refractivity (Wildman–Crippen MR) is 46.3 cm³/mol. The van der Waals surface area contributed by atoms with Crippen molar-refractivity contribution < 1.29 is 24.4 Å². The molecule has 0 radical (unpaired) electrons. The zero-order valence-electron chi connectivity index (χ0n) is 8.00. The topological polar surface area (TPSA) is 67.8 Å². The third kappa shape index (κ3) is 2.99. The normalized spacial score (nSPS) is 12.5. The molecule has 3 nitrogen and oxygen atoms in total. The minimum absolute atomic E-state index is 0.100. The standard InChI is InChI=1S/C10H11F2NO2/c11-8-2-1-6(4-9(8)12)3-7(5-13)10(14)15/h1-2,4,7H,3,5,13H2,(H,14,15)/t7-/m0/s1. The van der Waals surface area contributed by atoms with Crippen LogP contribution in [0.25, 0.3) is 0 Å². The zero-order chi connectivity index (χ0) is 11.4. The Balaban J connectivity index is 2.80. The van der Waals surface area contributed by atoms with Gasteiger partial charge in [0.05, 0.1) is 18.4 Å². The van der Waals surface area contributed by atoms with Crippen LogP contribution in [0.4, 0.5) is 8.78 Å². The van der Waals surface area contributed by atoms with Gasteiger partial charge in [0.2, 0.25) is 0 Å². The molecule has 0 bridgehead atoms. The Hall–Kier alpha value is -1.49. The van der Waals surface area contributed by atoms with Crippen LogP contribution in [0.2, 0.25) is 0 Å². The van der Waals surface area contributed by atoms with Gasteiger partial charge >= 0.3 is 0 Å². The second kappa shape index (κ2) is 4.84. The minimum Gasteiger partial charge on any atom is -0.550 e. The van der Waals surface area contributed by atoms with Gasteiger partial charge in [-0.1, -0.05) is 6.07 Å². The van der Waals surface area contributed by atoms with E-state index in [0.717, 1.165) is 12.1 Å². The highest BCUT2D eigenvalue weighted by molar-refractivity contribution is 5.68. The summed E-state index contributed by atoms with van der Waals surface area (Å²) in [6, 6.07) is 3.31. The summed E-state index contributed by atoms with van der Waals surface area (Å²) in [6.07, 6.45) is 0.100. The van der Waals surface area contributed by atoms with Crippen molar-refractivity contribution in [3.8, 4) is 0 Å². The molecule has 0 amide bonds. The van der Waals surface area contributed by atoms with Gasteiger partial charge in [0.15, 0.2) is 11.6 Å². The monoisotopic (exact) mass is 215 g/mol. The molecule has 1 atom stereocenters. The first-order valence-corrected chi connectivity index (χ1v) is 4.48. The SMILES string of the molecule is [NH3+]C[C@H](Cc1ccc(F)c(F)c1)C(=O)[O-]. The van der Waals surface area contributed by atoms with Gasteiger partial charge in [0.1, 0.15) is 0 Å². The van der Waals surface area contributed by atoms with E-state index in [4.69, 9.17) is 0 Å². The van der Waals surface area contributed by atoms with Crippen molar-refractivity contribution in [3.63, 3.8) is 0 Å². The van der Waals surface area contributed by atoms with Gasteiger partial charge in [-0.15, -0.1) is 0 Å². The van der Waals surface area contributed by atoms with E-state index in [1.165, 1.54) is 6.07 Å². The largest absolute Gasteiger partial charge is 0.550 e. The van der Waals surface area contributed by atoms with Crippen molar-refractivity contribution in [1.29, 1.82) is 0 Å². The van der Waals surface area contributed by atoms with Crippen LogP contribution in [0, 0.1) is 17.6 Å². The predicted octanol–water partition coefficient (Wildman–Crippen LogP) is -0.885. The molecule has 0 aliphatic carbocycles. The summed E-state index contributed by atoms with van der Waals surface area (Å²) in [6.45, 7) is 0.154. The molecule has 15 heavy (non-hydrogen) atoms. The first-order valence-electron chi connectivity index (χ1n) is 4.48. The van der Waals surface area contributed by atoms with Gasteiger partial charge in [0.25, 0.3) is 0 Å². The maximum absolute atomic E-state index is 12.8. The smallest absolute Gasteiger partial charge is 0.159 e. The third-order valence-corrected chi connectivity index (χ3v) is 2.15. The number of rotatable bonds is 4. The van der Waals surface area contributed by atoms with Crippen LogP contribution in [0.15, 0.2) is 18.2 Å². The Kier molecular flexibility index (Phi) is 3.74. The number of carboxylic acid groups (broad SMARTS) is 1. The average molecular weight is 215 g/mol. The van der Waals surface area contributed by atoms with Crippen LogP contribution in [0.1, 0.15) is 5.56 Å². The maximum atomic E-state index is 12.8. The van der Waals surface area contributed by atoms with E-state index in [-0.39, 0.29) is 13.0 Å². The summed E-state index contributed by atoms with van der Waals surface area (Å²) in [4.78, 5) is 10.6. The van der Waals surface area contributed by atoms with Crippen LogP contribution in [0.5, 0.6) is 0 Å². The molecule has 0 saturated carbocycles. The lowest BCUT2D eigenvalue weighted by Crippen LogP contribution is -2.57. The van der Waals surface area contributed by atoms with Crippen LogP contribution in [0.3, 0.4) is 0 Å². The average Bonchev–Trinajstić information content (AvgIpc) is 2.19. The Morgan fingerprint density at radius 3 is 2.53 bits per heavy atom. The fourth-order valence-electron chi connectivity index (χ4n) is 1.25. The van der Waals surface area contributed by atoms with Crippen molar-refractivity contribution in [2.24, 2.45) is 5.92 Å². The Morgan fingerprint density at radius 1 is 1.40 bits per heavy atom. The molecule has 0 aromatic heterocycles. The minimum atomic E-state index is -1.23. The lowest BCUT2D eigenvalue weighted by molar-refractivity contribution is -0.387. The van der Waals surface area contributed by atoms with E-state index in [1.54, 1.807) is 0 Å². The number of carbonyl (C=O) groups excluding carboxylic acids is 1. The molecule has 1 aromatic carbocycles. The van der Waals surface area contributed by atoms with Crippen LogP contribution in [-0.2, 0) is 11.2 Å². The number of benzene rings is 1.